The highest BCUT2D eigenvalue weighted by Gasteiger charge is 2.16. The number of nitrogens with two attached hydrogens (primary N) is 1. The van der Waals surface area contributed by atoms with E-state index in [0.717, 1.165) is 22.4 Å². The van der Waals surface area contributed by atoms with Crippen LogP contribution in [0.5, 0.6) is 0 Å². The van der Waals surface area contributed by atoms with E-state index in [0.29, 0.717) is 5.13 Å². The second-order valence-electron chi connectivity index (χ2n) is 3.81. The number of fused-ring (bicyclic) bond motifs is 1. The van der Waals surface area contributed by atoms with Gasteiger partial charge in [-0.15, -0.1) is 11.3 Å². The van der Waals surface area contributed by atoms with Crippen molar-refractivity contribution in [3.8, 4) is 0 Å². The molecule has 2 heterocycles. The second kappa shape index (κ2) is 7.13. The molecule has 3 aromatic rings. The molecule has 0 saturated carbocycles. The Kier molecular flexibility index (Phi) is 4.98. The number of anilines is 1. The van der Waals surface area contributed by atoms with Crippen molar-refractivity contribution in [2.45, 2.75) is 0 Å². The highest BCUT2D eigenvalue weighted by Crippen LogP contribution is 2.12. The maximum atomic E-state index is 10.6. The minimum Gasteiger partial charge on any atom is -0.476 e. The highest BCUT2D eigenvalue weighted by molar-refractivity contribution is 7.13. The molecule has 0 atom stereocenters. The molecule has 0 saturated heterocycles. The molecule has 0 fully saturated rings. The molecule has 0 aliphatic rings. The fourth-order valence-corrected chi connectivity index (χ4v) is 2.02. The van der Waals surface area contributed by atoms with Gasteiger partial charge in [0.15, 0.2) is 5.13 Å². The monoisotopic (exact) mass is 320 g/mol. The Bertz CT molecular complexity index is 767. The molecule has 0 unspecified atom stereocenters. The molecule has 22 heavy (non-hydrogen) atoms. The summed E-state index contributed by atoms with van der Waals surface area (Å²) in [6.45, 7) is 0. The lowest BCUT2D eigenvalue weighted by atomic mass is 10.3. The first kappa shape index (κ1) is 15.4. The number of nitrogens with zero attached hydrogens (tertiary/aromatic N) is 4. The van der Waals surface area contributed by atoms with E-state index < -0.39 is 5.97 Å². The van der Waals surface area contributed by atoms with Crippen molar-refractivity contribution < 1.29 is 14.7 Å². The van der Waals surface area contributed by atoms with Crippen molar-refractivity contribution in [3.63, 3.8) is 0 Å². The lowest BCUT2D eigenvalue weighted by Crippen LogP contribution is -2.15. The van der Waals surface area contributed by atoms with E-state index in [9.17, 15) is 4.79 Å². The Labute approximate surface area is 128 Å². The van der Waals surface area contributed by atoms with E-state index in [1.165, 1.54) is 12.5 Å². The van der Waals surface area contributed by atoms with Gasteiger partial charge < -0.3 is 15.7 Å². The van der Waals surface area contributed by atoms with Gasteiger partial charge in [0.25, 0.3) is 0 Å². The van der Waals surface area contributed by atoms with Gasteiger partial charge in [0, 0.05) is 5.38 Å². The Balaban J connectivity index is 0.000000170. The fourth-order valence-electron chi connectivity index (χ4n) is 1.47. The maximum absolute atomic E-state index is 10.6. The molecular weight excluding hydrogens is 308 g/mol. The number of thiazole rings is 1. The number of hydrogen-bond acceptors (Lipinski definition) is 8. The first-order chi connectivity index (χ1) is 10.6. The number of carbonyl (C=O) groups is 1. The molecule has 0 aliphatic carbocycles. The smallest absolute Gasteiger partial charge is 0.360 e. The summed E-state index contributed by atoms with van der Waals surface area (Å²) in [5.41, 5.74) is 7.11. The number of aromatic amines is 1. The van der Waals surface area contributed by atoms with Gasteiger partial charge in [-0.05, 0) is 12.1 Å². The predicted octanol–water partition coefficient (Wildman–Crippen LogP) is 1.12. The van der Waals surface area contributed by atoms with Crippen LogP contribution in [0.2, 0.25) is 0 Å². The summed E-state index contributed by atoms with van der Waals surface area (Å²) in [7, 11) is 1.26. The van der Waals surface area contributed by atoms with E-state index in [1.54, 1.807) is 0 Å². The number of rotatable bonds is 3. The number of benzene rings is 1. The average Bonchev–Trinajstić information content (AvgIpc) is 3.13. The third-order valence-corrected chi connectivity index (χ3v) is 3.05. The van der Waals surface area contributed by atoms with Crippen LogP contribution in [-0.2, 0) is 9.63 Å². The highest BCUT2D eigenvalue weighted by atomic mass is 32.1. The van der Waals surface area contributed by atoms with Gasteiger partial charge in [-0.1, -0.05) is 17.3 Å². The van der Waals surface area contributed by atoms with Gasteiger partial charge in [0.05, 0.1) is 0 Å². The molecular formula is C12H12N6O3S. The van der Waals surface area contributed by atoms with Crippen LogP contribution in [0.25, 0.3) is 11.0 Å². The molecule has 0 bridgehead atoms. The summed E-state index contributed by atoms with van der Waals surface area (Å²) >= 11 is 1.14. The van der Waals surface area contributed by atoms with Crippen molar-refractivity contribution >= 4 is 39.2 Å². The third-order valence-electron chi connectivity index (χ3n) is 2.37. The average molecular weight is 320 g/mol. The molecule has 0 radical (unpaired) electrons. The van der Waals surface area contributed by atoms with Gasteiger partial charge in [-0.2, -0.15) is 15.4 Å². The van der Waals surface area contributed by atoms with E-state index in [4.69, 9.17) is 10.8 Å². The number of oxime groups is 1. The molecule has 0 amide bonds. The normalized spacial score (nSPS) is 10.9. The molecule has 2 aromatic heterocycles. The first-order valence-electron chi connectivity index (χ1n) is 5.93. The molecule has 0 spiro atoms. The van der Waals surface area contributed by atoms with Gasteiger partial charge in [0.1, 0.15) is 23.8 Å². The van der Waals surface area contributed by atoms with E-state index in [2.05, 4.69) is 30.4 Å². The number of carboxylic acid groups (broad SMARTS) is 1. The summed E-state index contributed by atoms with van der Waals surface area (Å²) in [6.07, 6.45) is 0. The van der Waals surface area contributed by atoms with Gasteiger partial charge in [-0.25, -0.2) is 9.78 Å². The Morgan fingerprint density at radius 1 is 1.36 bits per heavy atom. The van der Waals surface area contributed by atoms with Crippen LogP contribution < -0.4 is 5.73 Å². The van der Waals surface area contributed by atoms with Crippen LogP contribution in [-0.4, -0.2) is 44.3 Å². The topological polar surface area (TPSA) is 139 Å². The number of carboxylic acids is 1. The lowest BCUT2D eigenvalue weighted by Gasteiger charge is -1.94. The third kappa shape index (κ3) is 3.76. The van der Waals surface area contributed by atoms with E-state index in [-0.39, 0.29) is 11.4 Å². The van der Waals surface area contributed by atoms with Gasteiger partial charge in [0.2, 0.25) is 5.71 Å². The minimum absolute atomic E-state index is 0.205. The molecule has 10 heteroatoms. The van der Waals surface area contributed by atoms with Crippen molar-refractivity contribution in [1.29, 1.82) is 0 Å². The molecule has 0 aliphatic heterocycles. The minimum atomic E-state index is -1.20. The van der Waals surface area contributed by atoms with E-state index in [1.807, 2.05) is 24.3 Å². The van der Waals surface area contributed by atoms with Crippen LogP contribution in [0.3, 0.4) is 0 Å². The first-order valence-corrected chi connectivity index (χ1v) is 6.81. The fraction of sp³-hybridized carbons (Fsp3) is 0.0833. The van der Waals surface area contributed by atoms with Crippen molar-refractivity contribution in [2.75, 3.05) is 12.8 Å². The number of hydrogen-bond donors (Lipinski definition) is 3. The maximum Gasteiger partial charge on any atom is 0.360 e. The Hall–Kier alpha value is -3.01. The van der Waals surface area contributed by atoms with Crippen molar-refractivity contribution in [3.05, 3.63) is 35.3 Å². The van der Waals surface area contributed by atoms with E-state index >= 15 is 0 Å². The number of H-pyrrole nitrogens is 1. The quantitative estimate of drug-likeness (QED) is 0.485. The number of nitrogens with one attached hydrogen (secondary N) is 1. The standard InChI is InChI=1S/C6H7N3O3S.C6H5N3/c1-12-9-4(5(10)11)3-2-13-6(7)8-3;1-2-4-6-5(3-1)7-9-8-6/h2H,1H3,(H2,7,8)(H,10,11);1-4H,(H,7,8,9)/b9-4-;. The zero-order chi connectivity index (χ0) is 15.9. The SMILES string of the molecule is CO/N=C(\C(=O)O)c1csc(N)n1.c1ccc2n[nH]nc2c1. The summed E-state index contributed by atoms with van der Waals surface area (Å²) in [6, 6.07) is 7.70. The zero-order valence-electron chi connectivity index (χ0n) is 11.4. The number of aromatic nitrogens is 4. The predicted molar refractivity (Wildman–Crippen MR) is 81.6 cm³/mol. The van der Waals surface area contributed by atoms with Crippen LogP contribution >= 0.6 is 11.3 Å². The Morgan fingerprint density at radius 2 is 2.00 bits per heavy atom. The number of para-hydroxylation sites is 2. The van der Waals surface area contributed by atoms with Crippen LogP contribution in [0, 0.1) is 0 Å². The van der Waals surface area contributed by atoms with Gasteiger partial charge >= 0.3 is 5.97 Å². The summed E-state index contributed by atoms with van der Waals surface area (Å²) in [5, 5.41) is 24.1. The summed E-state index contributed by atoms with van der Waals surface area (Å²) in [5.74, 6) is -1.20. The van der Waals surface area contributed by atoms with Crippen molar-refractivity contribution in [1.82, 2.24) is 20.4 Å². The number of aliphatic carboxylic acids is 1. The van der Waals surface area contributed by atoms with Gasteiger partial charge in [-0.3, -0.25) is 0 Å². The lowest BCUT2D eigenvalue weighted by molar-refractivity contribution is -0.129. The molecule has 9 nitrogen and oxygen atoms in total. The largest absolute Gasteiger partial charge is 0.476 e. The molecule has 3 rings (SSSR count). The van der Waals surface area contributed by atoms with Crippen molar-refractivity contribution in [2.24, 2.45) is 5.16 Å². The Morgan fingerprint density at radius 3 is 2.45 bits per heavy atom. The van der Waals surface area contributed by atoms with Crippen LogP contribution in [0.1, 0.15) is 5.69 Å². The van der Waals surface area contributed by atoms with Crippen LogP contribution in [0.4, 0.5) is 5.13 Å². The molecule has 4 N–H and O–H groups in total. The molecule has 1 aromatic carbocycles. The second-order valence-corrected chi connectivity index (χ2v) is 4.70. The zero-order valence-corrected chi connectivity index (χ0v) is 12.2. The summed E-state index contributed by atoms with van der Waals surface area (Å²) < 4.78 is 0. The van der Waals surface area contributed by atoms with Crippen LogP contribution in [0.15, 0.2) is 34.8 Å². The summed E-state index contributed by atoms with van der Waals surface area (Å²) in [4.78, 5) is 18.7. The molecule has 114 valence electrons. The number of nitrogen functional groups attached to an aromatic ring is 1.